The van der Waals surface area contributed by atoms with Crippen LogP contribution in [-0.4, -0.2) is 9.97 Å². The van der Waals surface area contributed by atoms with E-state index >= 15 is 0 Å². The molecule has 1 N–H and O–H groups in total. The number of hydrogen-bond acceptors (Lipinski definition) is 1. The van der Waals surface area contributed by atoms with Gasteiger partial charge in [0.2, 0.25) is 0 Å². The highest BCUT2D eigenvalue weighted by Crippen LogP contribution is 2.03. The molecule has 0 aliphatic carbocycles. The van der Waals surface area contributed by atoms with Crippen molar-refractivity contribution in [3.05, 3.63) is 30.6 Å². The van der Waals surface area contributed by atoms with E-state index in [2.05, 4.69) is 22.1 Å². The Labute approximate surface area is 52.5 Å². The molecule has 2 nitrogen and oxygen atoms in total. The quantitative estimate of drug-likeness (QED) is 0.549. The minimum Gasteiger partial charge on any atom is -0.344 e. The van der Waals surface area contributed by atoms with Crippen LogP contribution < -0.4 is 0 Å². The standard InChI is InChI=1S/C7H4N2/c1-2-4-7-6(3-1)8-5-9-7/h1-2,5H,(H,8,9). The van der Waals surface area contributed by atoms with Crippen molar-refractivity contribution in [1.82, 2.24) is 9.97 Å². The maximum atomic E-state index is 3.98. The van der Waals surface area contributed by atoms with Crippen LogP contribution >= 0.6 is 0 Å². The van der Waals surface area contributed by atoms with Gasteiger partial charge in [0.15, 0.2) is 0 Å². The Hall–Kier alpha value is -1.31. The second-order valence-corrected chi connectivity index (χ2v) is 1.75. The maximum Gasteiger partial charge on any atom is 0.0968 e. The Kier molecular flexibility index (Phi) is 0.803. The Bertz CT molecular complexity index is 281. The summed E-state index contributed by atoms with van der Waals surface area (Å²) in [7, 11) is 0. The SMILES string of the molecule is [c]1cc[c]c2[nH]cnc12. The lowest BCUT2D eigenvalue weighted by Crippen LogP contribution is -1.65. The van der Waals surface area contributed by atoms with Crippen LogP contribution in [0.4, 0.5) is 0 Å². The van der Waals surface area contributed by atoms with E-state index in [1.807, 2.05) is 0 Å². The van der Waals surface area contributed by atoms with Crippen molar-refractivity contribution >= 4 is 11.0 Å². The van der Waals surface area contributed by atoms with Crippen LogP contribution in [0.25, 0.3) is 11.0 Å². The third-order valence-electron chi connectivity index (χ3n) is 1.17. The van der Waals surface area contributed by atoms with E-state index in [0.29, 0.717) is 0 Å². The summed E-state index contributed by atoms with van der Waals surface area (Å²) >= 11 is 0. The first-order chi connectivity index (χ1) is 4.47. The summed E-state index contributed by atoms with van der Waals surface area (Å²) in [6.07, 6.45) is 1.64. The number of rotatable bonds is 0. The zero-order valence-electron chi connectivity index (χ0n) is 4.68. The van der Waals surface area contributed by atoms with Gasteiger partial charge < -0.3 is 4.98 Å². The van der Waals surface area contributed by atoms with Gasteiger partial charge in [-0.1, -0.05) is 12.1 Å². The molecule has 0 amide bonds. The van der Waals surface area contributed by atoms with Crippen molar-refractivity contribution in [3.63, 3.8) is 0 Å². The molecule has 0 aliphatic heterocycles. The number of fused-ring (bicyclic) bond motifs is 1. The predicted octanol–water partition coefficient (Wildman–Crippen LogP) is 1.16. The third-order valence-corrected chi connectivity index (χ3v) is 1.17. The van der Waals surface area contributed by atoms with Gasteiger partial charge in [0.05, 0.1) is 17.4 Å². The second-order valence-electron chi connectivity index (χ2n) is 1.75. The van der Waals surface area contributed by atoms with Gasteiger partial charge in [-0.05, 0) is 0 Å². The highest BCUT2D eigenvalue weighted by Gasteiger charge is 1.89. The zero-order valence-corrected chi connectivity index (χ0v) is 4.68. The Balaban J connectivity index is 2.95. The average molecular weight is 116 g/mol. The van der Waals surface area contributed by atoms with E-state index in [0.717, 1.165) is 11.0 Å². The van der Waals surface area contributed by atoms with Crippen molar-refractivity contribution in [3.8, 4) is 0 Å². The van der Waals surface area contributed by atoms with Crippen LogP contribution in [0.3, 0.4) is 0 Å². The predicted molar refractivity (Wildman–Crippen MR) is 33.8 cm³/mol. The number of aromatic nitrogens is 2. The van der Waals surface area contributed by atoms with Crippen LogP contribution in [0, 0.1) is 12.1 Å². The summed E-state index contributed by atoms with van der Waals surface area (Å²) in [5.74, 6) is 0. The molecule has 0 bridgehead atoms. The van der Waals surface area contributed by atoms with E-state index in [4.69, 9.17) is 0 Å². The molecule has 42 valence electrons. The summed E-state index contributed by atoms with van der Waals surface area (Å²) in [6.45, 7) is 0. The monoisotopic (exact) mass is 116 g/mol. The Morgan fingerprint density at radius 3 is 3.11 bits per heavy atom. The fourth-order valence-corrected chi connectivity index (χ4v) is 0.759. The lowest BCUT2D eigenvalue weighted by atomic mass is 10.3. The summed E-state index contributed by atoms with van der Waals surface area (Å²) in [5.41, 5.74) is 1.76. The fourth-order valence-electron chi connectivity index (χ4n) is 0.759. The molecule has 0 saturated carbocycles. The first-order valence-corrected chi connectivity index (χ1v) is 2.68. The Morgan fingerprint density at radius 2 is 2.22 bits per heavy atom. The molecule has 1 heterocycles. The maximum absolute atomic E-state index is 3.98. The first kappa shape index (κ1) is 4.56. The highest BCUT2D eigenvalue weighted by molar-refractivity contribution is 5.72. The van der Waals surface area contributed by atoms with Crippen molar-refractivity contribution in [1.29, 1.82) is 0 Å². The molecule has 0 aliphatic rings. The molecule has 2 radical (unpaired) electrons. The van der Waals surface area contributed by atoms with Gasteiger partial charge in [0.25, 0.3) is 0 Å². The molecule has 1 aromatic carbocycles. The molecule has 9 heavy (non-hydrogen) atoms. The summed E-state index contributed by atoms with van der Waals surface area (Å²) < 4.78 is 0. The summed E-state index contributed by atoms with van der Waals surface area (Å²) in [6, 6.07) is 9.54. The normalized spacial score (nSPS) is 10.2. The highest BCUT2D eigenvalue weighted by atomic mass is 14.9. The van der Waals surface area contributed by atoms with Crippen molar-refractivity contribution in [2.45, 2.75) is 0 Å². The van der Waals surface area contributed by atoms with Crippen molar-refractivity contribution < 1.29 is 0 Å². The van der Waals surface area contributed by atoms with Crippen LogP contribution in [0.1, 0.15) is 0 Å². The zero-order chi connectivity index (χ0) is 6.10. The van der Waals surface area contributed by atoms with Crippen LogP contribution in [-0.2, 0) is 0 Å². The van der Waals surface area contributed by atoms with Gasteiger partial charge in [-0.2, -0.15) is 0 Å². The summed E-state index contributed by atoms with van der Waals surface area (Å²) in [4.78, 5) is 6.90. The van der Waals surface area contributed by atoms with Crippen molar-refractivity contribution in [2.75, 3.05) is 0 Å². The second kappa shape index (κ2) is 1.58. The van der Waals surface area contributed by atoms with Gasteiger partial charge in [0, 0.05) is 12.1 Å². The molecule has 0 atom stereocenters. The number of imidazole rings is 1. The molecular weight excluding hydrogens is 112 g/mol. The first-order valence-electron chi connectivity index (χ1n) is 2.68. The lowest BCUT2D eigenvalue weighted by molar-refractivity contribution is 1.34. The smallest absolute Gasteiger partial charge is 0.0968 e. The van der Waals surface area contributed by atoms with Gasteiger partial charge in [-0.25, -0.2) is 4.98 Å². The van der Waals surface area contributed by atoms with E-state index in [9.17, 15) is 0 Å². The number of nitrogens with zero attached hydrogens (tertiary/aromatic N) is 1. The summed E-state index contributed by atoms with van der Waals surface area (Å²) in [5, 5.41) is 0. The lowest BCUT2D eigenvalue weighted by Gasteiger charge is -1.79. The number of hydrogen-bond donors (Lipinski definition) is 1. The van der Waals surface area contributed by atoms with E-state index in [1.54, 1.807) is 18.5 Å². The molecule has 2 heteroatoms. The molecule has 0 saturated heterocycles. The molecule has 2 rings (SSSR count). The molecule has 0 fully saturated rings. The number of nitrogens with one attached hydrogen (secondary N) is 1. The third kappa shape index (κ3) is 0.598. The van der Waals surface area contributed by atoms with Crippen LogP contribution in [0.5, 0.6) is 0 Å². The fraction of sp³-hybridized carbons (Fsp3) is 0. The van der Waals surface area contributed by atoms with Crippen LogP contribution in [0.2, 0.25) is 0 Å². The van der Waals surface area contributed by atoms with Gasteiger partial charge in [-0.3, -0.25) is 0 Å². The molecule has 0 unspecified atom stereocenters. The van der Waals surface area contributed by atoms with E-state index in [-0.39, 0.29) is 0 Å². The molecule has 0 spiro atoms. The number of benzene rings is 1. The van der Waals surface area contributed by atoms with E-state index < -0.39 is 0 Å². The molecule has 1 aromatic heterocycles. The van der Waals surface area contributed by atoms with Crippen LogP contribution in [0.15, 0.2) is 18.5 Å². The molecule has 2 aromatic rings. The topological polar surface area (TPSA) is 28.7 Å². The molecular formula is C7H4N2. The van der Waals surface area contributed by atoms with E-state index in [1.165, 1.54) is 0 Å². The van der Waals surface area contributed by atoms with Gasteiger partial charge in [0.1, 0.15) is 0 Å². The minimum atomic E-state index is 0.845. The average Bonchev–Trinajstić information content (AvgIpc) is 2.33. The van der Waals surface area contributed by atoms with Gasteiger partial charge >= 0.3 is 0 Å². The largest absolute Gasteiger partial charge is 0.344 e. The number of H-pyrrole nitrogens is 1. The van der Waals surface area contributed by atoms with Gasteiger partial charge in [-0.15, -0.1) is 0 Å². The minimum absolute atomic E-state index is 0.845. The number of aromatic amines is 1. The van der Waals surface area contributed by atoms with Crippen molar-refractivity contribution in [2.24, 2.45) is 0 Å². The Morgan fingerprint density at radius 1 is 1.33 bits per heavy atom.